The van der Waals surface area contributed by atoms with Gasteiger partial charge >= 0.3 is 7.12 Å². The van der Waals surface area contributed by atoms with Crippen LogP contribution < -0.4 is 16.4 Å². The molecule has 0 unspecified atom stereocenters. The van der Waals surface area contributed by atoms with E-state index in [2.05, 4.69) is 10.6 Å². The molecule has 6 N–H and O–H groups in total. The van der Waals surface area contributed by atoms with Gasteiger partial charge in [0.2, 0.25) is 17.7 Å². The molecule has 4 atom stereocenters. The Labute approximate surface area is 197 Å². The van der Waals surface area contributed by atoms with Crippen molar-refractivity contribution in [1.82, 2.24) is 15.5 Å². The third-order valence-electron chi connectivity index (χ3n) is 7.80. The first-order chi connectivity index (χ1) is 15.8. The van der Waals surface area contributed by atoms with E-state index in [-0.39, 0.29) is 23.7 Å². The number of likely N-dealkylation sites (tertiary alicyclic amines) is 1. The molecule has 0 aromatic carbocycles. The second-order valence-corrected chi connectivity index (χ2v) is 10.2. The molecule has 3 rings (SSSR count). The first kappa shape index (κ1) is 26.0. The van der Waals surface area contributed by atoms with E-state index >= 15 is 0 Å². The van der Waals surface area contributed by atoms with Gasteiger partial charge in [0.05, 0.1) is 12.0 Å². The molecule has 0 spiro atoms. The van der Waals surface area contributed by atoms with E-state index in [9.17, 15) is 24.4 Å². The lowest BCUT2D eigenvalue weighted by Gasteiger charge is -2.34. The zero-order valence-electron chi connectivity index (χ0n) is 19.9. The molecule has 2 aliphatic carbocycles. The van der Waals surface area contributed by atoms with Crippen LogP contribution in [-0.2, 0) is 14.4 Å². The van der Waals surface area contributed by atoms with E-state index < -0.39 is 37.1 Å². The molecule has 0 aromatic rings. The highest BCUT2D eigenvalue weighted by molar-refractivity contribution is 6.43. The third kappa shape index (κ3) is 6.70. The second-order valence-electron chi connectivity index (χ2n) is 10.2. The number of nitrogens with zero attached hydrogens (tertiary/aromatic N) is 1. The molecule has 10 heteroatoms. The Morgan fingerprint density at radius 3 is 2.03 bits per heavy atom. The SMILES string of the molecule is C[C@H](NC(=O)[C@@H](NC(=O)[C@@H]1CCCN1C(=O)[C@@H](N)C1CCCCC1)C1CCCCC1)B(O)O. The minimum Gasteiger partial charge on any atom is -0.426 e. The standard InChI is InChI=1S/C23H41BN4O5/c1-15(24(32)33)26-22(30)20(17-11-6-3-7-12-17)27-21(29)18-13-8-14-28(18)23(31)19(25)16-9-4-2-5-10-16/h15-20,32-33H,2-14,25H2,1H3,(H,26,30)(H,27,29)/t15-,18-,19-,20-/m0/s1. The summed E-state index contributed by atoms with van der Waals surface area (Å²) < 4.78 is 0. The van der Waals surface area contributed by atoms with Crippen LogP contribution in [0, 0.1) is 11.8 Å². The molecule has 0 bridgehead atoms. The van der Waals surface area contributed by atoms with E-state index in [0.717, 1.165) is 64.2 Å². The molecular formula is C23H41BN4O5. The summed E-state index contributed by atoms with van der Waals surface area (Å²) in [5.41, 5.74) is 6.35. The maximum Gasteiger partial charge on any atom is 0.475 e. The average Bonchev–Trinajstić information content (AvgIpc) is 3.32. The summed E-state index contributed by atoms with van der Waals surface area (Å²) in [6.07, 6.45) is 11.3. The minimum absolute atomic E-state index is 0.0132. The van der Waals surface area contributed by atoms with Crippen LogP contribution in [0.4, 0.5) is 0 Å². The monoisotopic (exact) mass is 464 g/mol. The highest BCUT2D eigenvalue weighted by Gasteiger charge is 2.41. The van der Waals surface area contributed by atoms with Crippen molar-refractivity contribution in [3.8, 4) is 0 Å². The summed E-state index contributed by atoms with van der Waals surface area (Å²) in [6.45, 7) is 2.01. The Morgan fingerprint density at radius 1 is 0.879 bits per heavy atom. The second kappa shape index (κ2) is 12.2. The fraction of sp³-hybridized carbons (Fsp3) is 0.870. The quantitative estimate of drug-likeness (QED) is 0.330. The van der Waals surface area contributed by atoms with Crippen LogP contribution in [0.25, 0.3) is 0 Å². The van der Waals surface area contributed by atoms with Gasteiger partial charge in [-0.15, -0.1) is 0 Å². The van der Waals surface area contributed by atoms with Crippen LogP contribution in [0.15, 0.2) is 0 Å². The Bertz CT molecular complexity index is 682. The van der Waals surface area contributed by atoms with Crippen LogP contribution >= 0.6 is 0 Å². The smallest absolute Gasteiger partial charge is 0.426 e. The van der Waals surface area contributed by atoms with Gasteiger partial charge in [-0.05, 0) is 57.3 Å². The van der Waals surface area contributed by atoms with Crippen molar-refractivity contribution in [2.75, 3.05) is 6.54 Å². The number of carbonyl (C=O) groups is 3. The number of rotatable bonds is 8. The van der Waals surface area contributed by atoms with E-state index in [4.69, 9.17) is 5.73 Å². The van der Waals surface area contributed by atoms with Crippen molar-refractivity contribution >= 4 is 24.8 Å². The third-order valence-corrected chi connectivity index (χ3v) is 7.80. The zero-order valence-corrected chi connectivity index (χ0v) is 19.9. The van der Waals surface area contributed by atoms with E-state index in [1.807, 2.05) is 0 Å². The maximum atomic E-state index is 13.3. The topological polar surface area (TPSA) is 145 Å². The highest BCUT2D eigenvalue weighted by Crippen LogP contribution is 2.29. The van der Waals surface area contributed by atoms with Crippen molar-refractivity contribution in [3.05, 3.63) is 0 Å². The van der Waals surface area contributed by atoms with Gasteiger partial charge in [0, 0.05) is 6.54 Å². The Morgan fingerprint density at radius 2 is 1.45 bits per heavy atom. The Kier molecular flexibility index (Phi) is 9.58. The van der Waals surface area contributed by atoms with Crippen molar-refractivity contribution in [2.45, 2.75) is 108 Å². The molecule has 0 radical (unpaired) electrons. The molecule has 2 saturated carbocycles. The highest BCUT2D eigenvalue weighted by atomic mass is 16.4. The molecule has 33 heavy (non-hydrogen) atoms. The molecule has 3 aliphatic rings. The fourth-order valence-electron chi connectivity index (χ4n) is 5.69. The number of amides is 3. The summed E-state index contributed by atoms with van der Waals surface area (Å²) in [5.74, 6) is -1.58. The molecule has 0 aromatic heterocycles. The van der Waals surface area contributed by atoms with Gasteiger partial charge < -0.3 is 31.3 Å². The van der Waals surface area contributed by atoms with Crippen LogP contribution in [0.3, 0.4) is 0 Å². The summed E-state index contributed by atoms with van der Waals surface area (Å²) in [4.78, 5) is 41.1. The molecule has 1 aliphatic heterocycles. The number of nitrogens with one attached hydrogen (secondary N) is 2. The number of carbonyl (C=O) groups excluding carboxylic acids is 3. The lowest BCUT2D eigenvalue weighted by Crippen LogP contribution is -2.59. The molecular weight excluding hydrogens is 423 g/mol. The summed E-state index contributed by atoms with van der Waals surface area (Å²) in [7, 11) is -1.68. The van der Waals surface area contributed by atoms with E-state index in [1.165, 1.54) is 13.3 Å². The summed E-state index contributed by atoms with van der Waals surface area (Å²) >= 11 is 0. The van der Waals surface area contributed by atoms with Crippen molar-refractivity contribution < 1.29 is 24.4 Å². The molecule has 186 valence electrons. The summed E-state index contributed by atoms with van der Waals surface area (Å²) in [5, 5.41) is 24.3. The predicted molar refractivity (Wildman–Crippen MR) is 126 cm³/mol. The largest absolute Gasteiger partial charge is 0.475 e. The average molecular weight is 464 g/mol. The molecule has 9 nitrogen and oxygen atoms in total. The van der Waals surface area contributed by atoms with Crippen LogP contribution in [0.2, 0.25) is 0 Å². The van der Waals surface area contributed by atoms with E-state index in [1.54, 1.807) is 4.90 Å². The van der Waals surface area contributed by atoms with Crippen LogP contribution in [-0.4, -0.2) is 70.4 Å². The van der Waals surface area contributed by atoms with Crippen molar-refractivity contribution in [1.29, 1.82) is 0 Å². The summed E-state index contributed by atoms with van der Waals surface area (Å²) in [6, 6.07) is -1.96. The van der Waals surface area contributed by atoms with Crippen LogP contribution in [0.1, 0.15) is 84.0 Å². The number of hydrogen-bond donors (Lipinski definition) is 5. The van der Waals surface area contributed by atoms with E-state index in [0.29, 0.717) is 13.0 Å². The van der Waals surface area contributed by atoms with Gasteiger partial charge in [-0.25, -0.2) is 0 Å². The lowest BCUT2D eigenvalue weighted by molar-refractivity contribution is -0.141. The van der Waals surface area contributed by atoms with Gasteiger partial charge in [0.25, 0.3) is 0 Å². The normalized spacial score (nSPS) is 25.2. The first-order valence-electron chi connectivity index (χ1n) is 12.8. The van der Waals surface area contributed by atoms with Gasteiger partial charge in [0.1, 0.15) is 12.1 Å². The molecule has 3 amide bonds. The number of hydrogen-bond acceptors (Lipinski definition) is 6. The lowest BCUT2D eigenvalue weighted by atomic mass is 9.79. The predicted octanol–water partition coefficient (Wildman–Crippen LogP) is 0.467. The first-order valence-corrected chi connectivity index (χ1v) is 12.8. The van der Waals surface area contributed by atoms with Gasteiger partial charge in [-0.1, -0.05) is 38.5 Å². The van der Waals surface area contributed by atoms with Gasteiger partial charge in [-0.2, -0.15) is 0 Å². The minimum atomic E-state index is -1.68. The van der Waals surface area contributed by atoms with Crippen molar-refractivity contribution in [3.63, 3.8) is 0 Å². The fourth-order valence-corrected chi connectivity index (χ4v) is 5.69. The van der Waals surface area contributed by atoms with Gasteiger partial charge in [0.15, 0.2) is 0 Å². The van der Waals surface area contributed by atoms with Crippen LogP contribution in [0.5, 0.6) is 0 Å². The Balaban J connectivity index is 1.67. The van der Waals surface area contributed by atoms with Crippen molar-refractivity contribution in [2.24, 2.45) is 17.6 Å². The molecule has 1 saturated heterocycles. The zero-order chi connectivity index (χ0) is 24.0. The molecule has 1 heterocycles. The maximum absolute atomic E-state index is 13.3. The molecule has 3 fully saturated rings. The van der Waals surface area contributed by atoms with Gasteiger partial charge in [-0.3, -0.25) is 14.4 Å². The Hall–Kier alpha value is -1.65. The number of nitrogens with two attached hydrogens (primary N) is 1.